The van der Waals surface area contributed by atoms with Crippen molar-refractivity contribution >= 4 is 57.0 Å². The number of amides is 1. The van der Waals surface area contributed by atoms with E-state index >= 15 is 0 Å². The number of carbonyl (C=O) groups is 1. The Morgan fingerprint density at radius 3 is 2.47 bits per heavy atom. The number of anilines is 5. The molecule has 0 aliphatic carbocycles. The van der Waals surface area contributed by atoms with Gasteiger partial charge >= 0.3 is 0 Å². The van der Waals surface area contributed by atoms with Gasteiger partial charge in [-0.3, -0.25) is 4.79 Å². The number of rotatable bonds is 9. The van der Waals surface area contributed by atoms with Gasteiger partial charge in [-0.15, -0.1) is 11.3 Å². The molecule has 6 aromatic rings. The van der Waals surface area contributed by atoms with Crippen LogP contribution < -0.4 is 26.0 Å². The lowest BCUT2D eigenvalue weighted by Gasteiger charge is -2.21. The molecule has 6 rings (SSSR count). The zero-order valence-corrected chi connectivity index (χ0v) is 24.6. The Balaban J connectivity index is 1.16. The van der Waals surface area contributed by atoms with Gasteiger partial charge < -0.3 is 26.0 Å². The molecule has 0 saturated heterocycles. The smallest absolute Gasteiger partial charge is 0.255 e. The van der Waals surface area contributed by atoms with E-state index < -0.39 is 0 Å². The number of nitrogens with zero attached hydrogens (tertiary/aromatic N) is 3. The highest BCUT2D eigenvalue weighted by molar-refractivity contribution is 7.13. The normalized spacial score (nSPS) is 10.8. The van der Waals surface area contributed by atoms with Crippen molar-refractivity contribution in [2.45, 2.75) is 6.54 Å². The Kier molecular flexibility index (Phi) is 7.88. The van der Waals surface area contributed by atoms with Crippen LogP contribution >= 0.6 is 11.3 Å². The molecule has 43 heavy (non-hydrogen) atoms. The Bertz CT molecular complexity index is 1870. The number of aromatic nitrogens is 2. The van der Waals surface area contributed by atoms with E-state index in [0.29, 0.717) is 29.4 Å². The maximum atomic E-state index is 13.0. The number of ether oxygens (including phenoxy) is 1. The molecule has 0 unspecified atom stereocenters. The van der Waals surface area contributed by atoms with Gasteiger partial charge in [-0.05, 0) is 83.2 Å². The molecule has 4 aromatic carbocycles. The van der Waals surface area contributed by atoms with E-state index in [-0.39, 0.29) is 5.91 Å². The van der Waals surface area contributed by atoms with Crippen molar-refractivity contribution in [1.82, 2.24) is 9.97 Å². The lowest BCUT2D eigenvalue weighted by atomic mass is 10.1. The van der Waals surface area contributed by atoms with Crippen LogP contribution in [-0.2, 0) is 6.54 Å². The molecule has 2 aromatic heterocycles. The number of carbonyl (C=O) groups excluding carboxylic acids is 1. The van der Waals surface area contributed by atoms with Crippen LogP contribution in [0.3, 0.4) is 0 Å². The Hall–Kier alpha value is -5.41. The minimum absolute atomic E-state index is 0.224. The molecule has 0 atom stereocenters. The SMILES string of the molecule is COc1ccc(N(C)c2nc(NCc3ccc(C(=O)Nc4cc(-c5cccs5)ccc4N)cc3)nc3ccccc23)cc1. The third kappa shape index (κ3) is 6.12. The molecule has 0 aliphatic heterocycles. The summed E-state index contributed by atoms with van der Waals surface area (Å²) in [4.78, 5) is 25.8. The zero-order valence-electron chi connectivity index (χ0n) is 23.7. The summed E-state index contributed by atoms with van der Waals surface area (Å²) in [6, 6.07) is 32.9. The van der Waals surface area contributed by atoms with Crippen LogP contribution in [0.2, 0.25) is 0 Å². The second kappa shape index (κ2) is 12.2. The number of nitrogens with two attached hydrogens (primary N) is 1. The summed E-state index contributed by atoms with van der Waals surface area (Å²) in [6.45, 7) is 0.488. The van der Waals surface area contributed by atoms with E-state index in [1.54, 1.807) is 30.6 Å². The predicted octanol–water partition coefficient (Wildman–Crippen LogP) is 7.58. The summed E-state index contributed by atoms with van der Waals surface area (Å²) in [5, 5.41) is 9.27. The van der Waals surface area contributed by atoms with E-state index in [1.807, 2.05) is 108 Å². The molecule has 0 spiro atoms. The lowest BCUT2D eigenvalue weighted by molar-refractivity contribution is 0.102. The monoisotopic (exact) mass is 586 g/mol. The van der Waals surface area contributed by atoms with Gasteiger partial charge in [-0.1, -0.05) is 36.4 Å². The van der Waals surface area contributed by atoms with Gasteiger partial charge in [-0.25, -0.2) is 4.98 Å². The highest BCUT2D eigenvalue weighted by Crippen LogP contribution is 2.32. The van der Waals surface area contributed by atoms with Crippen LogP contribution in [0, 0.1) is 0 Å². The quantitative estimate of drug-likeness (QED) is 0.150. The van der Waals surface area contributed by atoms with Gasteiger partial charge in [0.05, 0.1) is 24.0 Å². The van der Waals surface area contributed by atoms with Gasteiger partial charge in [0.25, 0.3) is 5.91 Å². The summed E-state index contributed by atoms with van der Waals surface area (Å²) in [7, 11) is 3.63. The third-order valence-corrected chi connectivity index (χ3v) is 8.05. The highest BCUT2D eigenvalue weighted by atomic mass is 32.1. The number of nitrogens with one attached hydrogen (secondary N) is 2. The summed E-state index contributed by atoms with van der Waals surface area (Å²) < 4.78 is 5.31. The van der Waals surface area contributed by atoms with Gasteiger partial charge in [0.15, 0.2) is 0 Å². The second-order valence-corrected chi connectivity index (χ2v) is 10.9. The Labute approximate surface area is 253 Å². The molecular formula is C34H30N6O2S. The number of thiophene rings is 1. The van der Waals surface area contributed by atoms with Gasteiger partial charge in [0.1, 0.15) is 11.6 Å². The standard InChI is InChI=1S/C34H30N6O2S/c1-40(25-14-16-26(42-2)17-15-25)32-27-6-3-4-7-29(27)38-34(39-32)36-21-22-9-11-23(12-10-22)33(41)37-30-20-24(13-18-28(30)35)31-8-5-19-43-31/h3-20H,21,35H2,1-2H3,(H,37,41)(H,36,38,39). The first kappa shape index (κ1) is 27.7. The highest BCUT2D eigenvalue weighted by Gasteiger charge is 2.14. The van der Waals surface area contributed by atoms with Gasteiger partial charge in [0.2, 0.25) is 5.95 Å². The summed E-state index contributed by atoms with van der Waals surface area (Å²) >= 11 is 1.64. The summed E-state index contributed by atoms with van der Waals surface area (Å²) in [5.41, 5.74) is 11.6. The Morgan fingerprint density at radius 1 is 0.930 bits per heavy atom. The average molecular weight is 587 g/mol. The number of para-hydroxylation sites is 1. The third-order valence-electron chi connectivity index (χ3n) is 7.13. The first-order valence-electron chi connectivity index (χ1n) is 13.7. The molecule has 0 radical (unpaired) electrons. The fraction of sp³-hybridized carbons (Fsp3) is 0.0882. The number of nitrogen functional groups attached to an aromatic ring is 1. The van der Waals surface area contributed by atoms with Crippen molar-refractivity contribution < 1.29 is 9.53 Å². The van der Waals surface area contributed by atoms with Crippen molar-refractivity contribution in [2.75, 3.05) is 35.4 Å². The minimum Gasteiger partial charge on any atom is -0.497 e. The van der Waals surface area contributed by atoms with Crippen molar-refractivity contribution in [3.63, 3.8) is 0 Å². The number of methoxy groups -OCH3 is 1. The topological polar surface area (TPSA) is 105 Å². The van der Waals surface area contributed by atoms with Crippen LogP contribution in [0.5, 0.6) is 5.75 Å². The molecule has 8 nitrogen and oxygen atoms in total. The van der Waals surface area contributed by atoms with Crippen LogP contribution in [0.4, 0.5) is 28.8 Å². The maximum Gasteiger partial charge on any atom is 0.255 e. The lowest BCUT2D eigenvalue weighted by Crippen LogP contribution is -2.14. The van der Waals surface area contributed by atoms with Crippen LogP contribution in [0.25, 0.3) is 21.3 Å². The Morgan fingerprint density at radius 2 is 1.72 bits per heavy atom. The number of hydrogen-bond acceptors (Lipinski definition) is 8. The van der Waals surface area contributed by atoms with Crippen LogP contribution in [0.15, 0.2) is 109 Å². The number of hydrogen-bond donors (Lipinski definition) is 3. The van der Waals surface area contributed by atoms with E-state index in [0.717, 1.165) is 44.2 Å². The number of fused-ring (bicyclic) bond motifs is 1. The first-order chi connectivity index (χ1) is 21.0. The van der Waals surface area contributed by atoms with Crippen molar-refractivity contribution in [1.29, 1.82) is 0 Å². The minimum atomic E-state index is -0.224. The molecule has 9 heteroatoms. The average Bonchev–Trinajstić information content (AvgIpc) is 3.60. The molecule has 0 bridgehead atoms. The molecule has 0 fully saturated rings. The van der Waals surface area contributed by atoms with Crippen molar-refractivity contribution in [3.05, 3.63) is 120 Å². The van der Waals surface area contributed by atoms with Crippen molar-refractivity contribution in [2.24, 2.45) is 0 Å². The van der Waals surface area contributed by atoms with Gasteiger partial charge in [-0.2, -0.15) is 4.98 Å². The largest absolute Gasteiger partial charge is 0.497 e. The van der Waals surface area contributed by atoms with Gasteiger partial charge in [0, 0.05) is 35.1 Å². The fourth-order valence-corrected chi connectivity index (χ4v) is 5.46. The molecule has 0 saturated carbocycles. The summed E-state index contributed by atoms with van der Waals surface area (Å²) in [6.07, 6.45) is 0. The predicted molar refractivity (Wildman–Crippen MR) is 176 cm³/mol. The van der Waals surface area contributed by atoms with Crippen molar-refractivity contribution in [3.8, 4) is 16.2 Å². The zero-order chi connectivity index (χ0) is 29.8. The molecule has 4 N–H and O–H groups in total. The molecule has 2 heterocycles. The molecule has 0 aliphatic rings. The van der Waals surface area contributed by atoms with E-state index in [1.165, 1.54) is 0 Å². The maximum absolute atomic E-state index is 13.0. The van der Waals surface area contributed by atoms with Crippen LogP contribution in [-0.4, -0.2) is 30.0 Å². The summed E-state index contributed by atoms with van der Waals surface area (Å²) in [5.74, 6) is 1.87. The van der Waals surface area contributed by atoms with Crippen LogP contribution in [0.1, 0.15) is 15.9 Å². The second-order valence-electron chi connectivity index (χ2n) is 9.93. The first-order valence-corrected chi connectivity index (χ1v) is 14.6. The molecule has 214 valence electrons. The van der Waals surface area contributed by atoms with E-state index in [2.05, 4.69) is 10.6 Å². The molecule has 1 amide bonds. The van der Waals surface area contributed by atoms with E-state index in [9.17, 15) is 4.79 Å². The number of benzene rings is 4. The fourth-order valence-electron chi connectivity index (χ4n) is 4.73. The van der Waals surface area contributed by atoms with E-state index in [4.69, 9.17) is 20.4 Å². The molecular weight excluding hydrogens is 556 g/mol.